The summed E-state index contributed by atoms with van der Waals surface area (Å²) < 4.78 is 0. The topological polar surface area (TPSA) is 66.0 Å². The van der Waals surface area contributed by atoms with Crippen LogP contribution in [0.25, 0.3) is 11.3 Å². The van der Waals surface area contributed by atoms with Crippen molar-refractivity contribution < 1.29 is 9.90 Å². The highest BCUT2D eigenvalue weighted by atomic mass is 16.4. The first kappa shape index (κ1) is 8.50. The largest absolute Gasteiger partial charge is 0.478 e. The Bertz CT molecular complexity index is 432. The quantitative estimate of drug-likeness (QED) is 0.754. The van der Waals surface area contributed by atoms with Crippen molar-refractivity contribution in [2.75, 3.05) is 0 Å². The molecule has 4 heteroatoms. The fourth-order valence-electron chi connectivity index (χ4n) is 1.20. The van der Waals surface area contributed by atoms with Gasteiger partial charge in [-0.15, -0.1) is 0 Å². The molecule has 0 atom stereocenters. The Balaban J connectivity index is 2.36. The van der Waals surface area contributed by atoms with Gasteiger partial charge in [0.05, 0.1) is 17.6 Å². The molecular weight excluding hydrogens is 180 g/mol. The minimum Gasteiger partial charge on any atom is -0.478 e. The Morgan fingerprint density at radius 1 is 1.29 bits per heavy atom. The lowest BCUT2D eigenvalue weighted by atomic mass is 10.1. The summed E-state index contributed by atoms with van der Waals surface area (Å²) in [6.07, 6.45) is 3.34. The van der Waals surface area contributed by atoms with Gasteiger partial charge in [-0.1, -0.05) is 12.1 Å². The maximum atomic E-state index is 10.6. The Morgan fingerprint density at radius 2 is 2.00 bits per heavy atom. The third-order valence-electron chi connectivity index (χ3n) is 1.93. The van der Waals surface area contributed by atoms with Gasteiger partial charge in [-0.3, -0.25) is 0 Å². The van der Waals surface area contributed by atoms with Crippen LogP contribution in [-0.4, -0.2) is 21.0 Å². The van der Waals surface area contributed by atoms with Crippen LogP contribution in [-0.2, 0) is 0 Å². The number of H-pyrrole nitrogens is 1. The number of carboxylic acid groups (broad SMARTS) is 1. The third-order valence-corrected chi connectivity index (χ3v) is 1.93. The van der Waals surface area contributed by atoms with Gasteiger partial charge in [0.1, 0.15) is 0 Å². The Kier molecular flexibility index (Phi) is 2.02. The Hall–Kier alpha value is -2.10. The van der Waals surface area contributed by atoms with Gasteiger partial charge in [0.15, 0.2) is 0 Å². The van der Waals surface area contributed by atoms with E-state index in [1.54, 1.807) is 36.8 Å². The fraction of sp³-hybridized carbons (Fsp3) is 0. The molecule has 0 aliphatic carbocycles. The van der Waals surface area contributed by atoms with Crippen molar-refractivity contribution in [2.24, 2.45) is 0 Å². The highest BCUT2D eigenvalue weighted by molar-refractivity contribution is 5.88. The molecule has 0 saturated carbocycles. The predicted octanol–water partition coefficient (Wildman–Crippen LogP) is 1.77. The van der Waals surface area contributed by atoms with Gasteiger partial charge < -0.3 is 10.1 Å². The number of aromatic amines is 1. The molecule has 4 nitrogen and oxygen atoms in total. The lowest BCUT2D eigenvalue weighted by Crippen LogP contribution is -1.94. The normalized spacial score (nSPS) is 10.0. The van der Waals surface area contributed by atoms with Crippen LogP contribution in [0.5, 0.6) is 0 Å². The standard InChI is InChI=1S/C10H8N2O2/c13-10(14)8-3-1-7(2-4-8)9-5-11-6-12-9/h1-6H,(H,11,12)(H,13,14). The summed E-state index contributed by atoms with van der Waals surface area (Å²) in [5.41, 5.74) is 1.99. The van der Waals surface area contributed by atoms with Crippen molar-refractivity contribution in [1.82, 2.24) is 9.97 Å². The zero-order valence-electron chi connectivity index (χ0n) is 7.27. The molecule has 0 amide bonds. The number of aromatic carboxylic acids is 1. The van der Waals surface area contributed by atoms with Crippen molar-refractivity contribution in [3.05, 3.63) is 42.4 Å². The monoisotopic (exact) mass is 188 g/mol. The fourth-order valence-corrected chi connectivity index (χ4v) is 1.20. The first-order valence-electron chi connectivity index (χ1n) is 4.10. The van der Waals surface area contributed by atoms with Gasteiger partial charge in [0, 0.05) is 11.8 Å². The van der Waals surface area contributed by atoms with E-state index in [-0.39, 0.29) is 5.56 Å². The zero-order valence-corrected chi connectivity index (χ0v) is 7.27. The summed E-state index contributed by atoms with van der Waals surface area (Å²) in [6.45, 7) is 0. The van der Waals surface area contributed by atoms with E-state index >= 15 is 0 Å². The van der Waals surface area contributed by atoms with Gasteiger partial charge in [-0.2, -0.15) is 0 Å². The first-order valence-corrected chi connectivity index (χ1v) is 4.10. The van der Waals surface area contributed by atoms with Crippen molar-refractivity contribution >= 4 is 5.97 Å². The first-order chi connectivity index (χ1) is 6.77. The van der Waals surface area contributed by atoms with E-state index in [1.807, 2.05) is 0 Å². The van der Waals surface area contributed by atoms with Crippen molar-refractivity contribution in [2.45, 2.75) is 0 Å². The molecule has 0 radical (unpaired) electrons. The highest BCUT2D eigenvalue weighted by Crippen LogP contribution is 2.16. The number of hydrogen-bond donors (Lipinski definition) is 2. The number of aromatic nitrogens is 2. The zero-order chi connectivity index (χ0) is 9.97. The molecule has 2 aromatic rings. The molecule has 0 aliphatic rings. The maximum absolute atomic E-state index is 10.6. The number of carboxylic acids is 1. The molecule has 0 spiro atoms. The van der Waals surface area contributed by atoms with E-state index in [9.17, 15) is 4.79 Å². The molecule has 0 fully saturated rings. The molecule has 2 N–H and O–H groups in total. The van der Waals surface area contributed by atoms with Crippen LogP contribution in [0.4, 0.5) is 0 Å². The summed E-state index contributed by atoms with van der Waals surface area (Å²) in [5.74, 6) is -0.918. The second kappa shape index (κ2) is 3.33. The number of rotatable bonds is 2. The molecule has 1 aromatic heterocycles. The smallest absolute Gasteiger partial charge is 0.335 e. The van der Waals surface area contributed by atoms with E-state index in [2.05, 4.69) is 9.97 Å². The molecule has 1 aromatic carbocycles. The number of hydrogen-bond acceptors (Lipinski definition) is 2. The third kappa shape index (κ3) is 1.50. The van der Waals surface area contributed by atoms with Gasteiger partial charge in [-0.05, 0) is 12.1 Å². The molecule has 0 bridgehead atoms. The number of benzene rings is 1. The van der Waals surface area contributed by atoms with Gasteiger partial charge in [0.25, 0.3) is 0 Å². The van der Waals surface area contributed by atoms with Crippen LogP contribution in [0.15, 0.2) is 36.8 Å². The van der Waals surface area contributed by atoms with E-state index in [0.29, 0.717) is 0 Å². The lowest BCUT2D eigenvalue weighted by Gasteiger charge is -1.97. The molecule has 1 heterocycles. The van der Waals surface area contributed by atoms with Crippen molar-refractivity contribution in [3.8, 4) is 11.3 Å². The SMILES string of the molecule is O=C(O)c1ccc(-c2c[nH]cn2)cc1. The van der Waals surface area contributed by atoms with Crippen LogP contribution in [0.2, 0.25) is 0 Å². The van der Waals surface area contributed by atoms with Crippen molar-refractivity contribution in [3.63, 3.8) is 0 Å². The van der Waals surface area contributed by atoms with Gasteiger partial charge >= 0.3 is 5.97 Å². The lowest BCUT2D eigenvalue weighted by molar-refractivity contribution is 0.0697. The number of nitrogens with zero attached hydrogens (tertiary/aromatic N) is 1. The average molecular weight is 188 g/mol. The predicted molar refractivity (Wildman–Crippen MR) is 51.0 cm³/mol. The van der Waals surface area contributed by atoms with E-state index in [4.69, 9.17) is 5.11 Å². The van der Waals surface area contributed by atoms with Crippen LogP contribution in [0.1, 0.15) is 10.4 Å². The van der Waals surface area contributed by atoms with E-state index in [0.717, 1.165) is 11.3 Å². The summed E-state index contributed by atoms with van der Waals surface area (Å²) in [5, 5.41) is 8.68. The maximum Gasteiger partial charge on any atom is 0.335 e. The average Bonchev–Trinajstić information content (AvgIpc) is 2.71. The van der Waals surface area contributed by atoms with E-state index in [1.165, 1.54) is 0 Å². The molecule has 2 rings (SSSR count). The minimum atomic E-state index is -0.918. The van der Waals surface area contributed by atoms with Crippen LogP contribution >= 0.6 is 0 Å². The molecular formula is C10H8N2O2. The van der Waals surface area contributed by atoms with Crippen LogP contribution in [0.3, 0.4) is 0 Å². The van der Waals surface area contributed by atoms with Crippen LogP contribution in [0, 0.1) is 0 Å². The van der Waals surface area contributed by atoms with E-state index < -0.39 is 5.97 Å². The molecule has 0 unspecified atom stereocenters. The number of carbonyl (C=O) groups is 1. The summed E-state index contributed by atoms with van der Waals surface area (Å²) in [6, 6.07) is 6.60. The number of nitrogens with one attached hydrogen (secondary N) is 1. The summed E-state index contributed by atoms with van der Waals surface area (Å²) in [4.78, 5) is 17.5. The summed E-state index contributed by atoms with van der Waals surface area (Å²) in [7, 11) is 0. The molecule has 0 aliphatic heterocycles. The Labute approximate surface area is 80.2 Å². The Morgan fingerprint density at radius 3 is 2.50 bits per heavy atom. The van der Waals surface area contributed by atoms with Gasteiger partial charge in [-0.25, -0.2) is 9.78 Å². The molecule has 0 saturated heterocycles. The molecule has 70 valence electrons. The second-order valence-electron chi connectivity index (χ2n) is 2.84. The second-order valence-corrected chi connectivity index (χ2v) is 2.84. The van der Waals surface area contributed by atoms with Gasteiger partial charge in [0.2, 0.25) is 0 Å². The number of imidazole rings is 1. The van der Waals surface area contributed by atoms with Crippen molar-refractivity contribution in [1.29, 1.82) is 0 Å². The van der Waals surface area contributed by atoms with Crippen LogP contribution < -0.4 is 0 Å². The highest BCUT2D eigenvalue weighted by Gasteiger charge is 2.03. The minimum absolute atomic E-state index is 0.282. The summed E-state index contributed by atoms with van der Waals surface area (Å²) >= 11 is 0. The molecule has 14 heavy (non-hydrogen) atoms.